The van der Waals surface area contributed by atoms with E-state index in [4.69, 9.17) is 32.7 Å². The van der Waals surface area contributed by atoms with Gasteiger partial charge in [0.15, 0.2) is 6.10 Å². The lowest BCUT2D eigenvalue weighted by Gasteiger charge is -2.22. The molecule has 2 unspecified atom stereocenters. The lowest BCUT2D eigenvalue weighted by molar-refractivity contribution is -0.157. The number of hydrogen-bond donors (Lipinski definition) is 1. The van der Waals surface area contributed by atoms with Gasteiger partial charge in [0.2, 0.25) is 4.84 Å². The minimum atomic E-state index is -1.46. The molecule has 0 fully saturated rings. The van der Waals surface area contributed by atoms with E-state index in [0.717, 1.165) is 12.1 Å². The summed E-state index contributed by atoms with van der Waals surface area (Å²) in [5.74, 6) is -4.24. The van der Waals surface area contributed by atoms with Crippen LogP contribution in [0.5, 0.6) is 0 Å². The SMILES string of the molecule is CCCC(OC(=O)C(Cl)Cl)C(=O)Nc1cc(F)ccc1CC(C#N)C(=O)OC(C)(C)C. The highest BCUT2D eigenvalue weighted by Gasteiger charge is 2.28. The number of carbonyl (C=O) groups excluding carboxylic acids is 3. The number of carbonyl (C=O) groups is 3. The van der Waals surface area contributed by atoms with Gasteiger partial charge in [0.1, 0.15) is 17.3 Å². The molecule has 0 radical (unpaired) electrons. The Morgan fingerprint density at radius 2 is 1.87 bits per heavy atom. The van der Waals surface area contributed by atoms with E-state index in [1.165, 1.54) is 6.07 Å². The molecule has 0 aliphatic carbocycles. The molecule has 7 nitrogen and oxygen atoms in total. The second-order valence-corrected chi connectivity index (χ2v) is 8.82. The summed E-state index contributed by atoms with van der Waals surface area (Å²) in [4.78, 5) is 35.1. The molecule has 0 saturated heterocycles. The molecule has 0 spiro atoms. The second-order valence-electron chi connectivity index (χ2n) is 7.72. The number of ether oxygens (including phenoxy) is 2. The van der Waals surface area contributed by atoms with Crippen molar-refractivity contribution in [1.29, 1.82) is 5.26 Å². The maximum Gasteiger partial charge on any atom is 0.340 e. The zero-order valence-electron chi connectivity index (χ0n) is 17.7. The quantitative estimate of drug-likeness (QED) is 0.422. The van der Waals surface area contributed by atoms with Gasteiger partial charge < -0.3 is 14.8 Å². The average Bonchev–Trinajstić information content (AvgIpc) is 2.65. The normalized spacial score (nSPS) is 13.1. The van der Waals surface area contributed by atoms with Crippen LogP contribution in [-0.4, -0.2) is 34.4 Å². The van der Waals surface area contributed by atoms with Crippen LogP contribution in [-0.2, 0) is 30.3 Å². The molecule has 10 heteroatoms. The van der Waals surface area contributed by atoms with Crippen molar-refractivity contribution < 1.29 is 28.2 Å². The number of alkyl halides is 2. The Bertz CT molecular complexity index is 849. The Hall–Kier alpha value is -2.37. The van der Waals surface area contributed by atoms with Crippen LogP contribution in [0.1, 0.15) is 46.1 Å². The summed E-state index contributed by atoms with van der Waals surface area (Å²) in [5.41, 5.74) is -0.410. The Morgan fingerprint density at radius 1 is 1.23 bits per heavy atom. The molecule has 0 saturated carbocycles. The van der Waals surface area contributed by atoms with Crippen molar-refractivity contribution in [3.63, 3.8) is 0 Å². The first-order valence-corrected chi connectivity index (χ1v) is 10.5. The summed E-state index contributed by atoms with van der Waals surface area (Å²) in [6, 6.07) is 5.42. The number of rotatable bonds is 9. The van der Waals surface area contributed by atoms with Crippen LogP contribution in [0.25, 0.3) is 0 Å². The lowest BCUT2D eigenvalue weighted by Crippen LogP contribution is -2.34. The maximum atomic E-state index is 13.8. The molecule has 31 heavy (non-hydrogen) atoms. The minimum Gasteiger partial charge on any atom is -0.459 e. The lowest BCUT2D eigenvalue weighted by atomic mass is 9.98. The van der Waals surface area contributed by atoms with Crippen LogP contribution in [0.4, 0.5) is 10.1 Å². The van der Waals surface area contributed by atoms with Crippen molar-refractivity contribution >= 4 is 46.7 Å². The number of benzene rings is 1. The molecule has 1 amide bonds. The summed E-state index contributed by atoms with van der Waals surface area (Å²) in [5, 5.41) is 11.9. The first-order chi connectivity index (χ1) is 14.4. The Kier molecular flexibility index (Phi) is 10.2. The number of hydrogen-bond acceptors (Lipinski definition) is 6. The number of anilines is 1. The highest BCUT2D eigenvalue weighted by molar-refractivity contribution is 6.52. The van der Waals surface area contributed by atoms with Crippen molar-refractivity contribution in [2.24, 2.45) is 5.92 Å². The second kappa shape index (κ2) is 11.9. The molecular weight excluding hydrogens is 450 g/mol. The zero-order chi connectivity index (χ0) is 23.8. The third kappa shape index (κ3) is 9.11. The number of amides is 1. The topological polar surface area (TPSA) is 105 Å². The molecule has 2 atom stereocenters. The van der Waals surface area contributed by atoms with Gasteiger partial charge in [0, 0.05) is 12.1 Å². The van der Waals surface area contributed by atoms with Crippen LogP contribution in [0.3, 0.4) is 0 Å². The van der Waals surface area contributed by atoms with Gasteiger partial charge in [-0.1, -0.05) is 42.6 Å². The van der Waals surface area contributed by atoms with Crippen molar-refractivity contribution in [3.05, 3.63) is 29.6 Å². The summed E-state index contributed by atoms with van der Waals surface area (Å²) >= 11 is 10.9. The summed E-state index contributed by atoms with van der Waals surface area (Å²) < 4.78 is 24.1. The molecule has 170 valence electrons. The third-order valence-electron chi connectivity index (χ3n) is 3.88. The van der Waals surface area contributed by atoms with Gasteiger partial charge in [-0.15, -0.1) is 0 Å². The summed E-state index contributed by atoms with van der Waals surface area (Å²) in [6.45, 7) is 6.79. The number of nitriles is 1. The molecule has 0 aromatic heterocycles. The van der Waals surface area contributed by atoms with E-state index in [-0.39, 0.29) is 18.5 Å². The molecule has 0 aliphatic heterocycles. The van der Waals surface area contributed by atoms with Gasteiger partial charge in [-0.05, 0) is 44.9 Å². The van der Waals surface area contributed by atoms with E-state index in [9.17, 15) is 24.0 Å². The monoisotopic (exact) mass is 474 g/mol. The fourth-order valence-electron chi connectivity index (χ4n) is 2.53. The van der Waals surface area contributed by atoms with E-state index >= 15 is 0 Å². The molecular formula is C21H25Cl2FN2O5. The first-order valence-electron chi connectivity index (χ1n) is 9.58. The fraction of sp³-hybridized carbons (Fsp3) is 0.524. The number of esters is 2. The molecule has 1 aromatic carbocycles. The standard InChI is InChI=1S/C21H25Cl2FN2O5/c1-5-6-16(30-20(29)17(22)23)18(27)26-15-10-14(24)8-7-12(15)9-13(11-25)19(28)31-21(2,3)4/h7-8,10,13,16-17H,5-6,9H2,1-4H3,(H,26,27). The molecule has 0 heterocycles. The highest BCUT2D eigenvalue weighted by atomic mass is 35.5. The van der Waals surface area contributed by atoms with Gasteiger partial charge >= 0.3 is 11.9 Å². The van der Waals surface area contributed by atoms with Crippen LogP contribution in [0.15, 0.2) is 18.2 Å². The smallest absolute Gasteiger partial charge is 0.340 e. The Labute approximate surface area is 190 Å². The van der Waals surface area contributed by atoms with Gasteiger partial charge in [-0.3, -0.25) is 9.59 Å². The molecule has 0 bridgehead atoms. The predicted molar refractivity (Wildman–Crippen MR) is 114 cm³/mol. The third-order valence-corrected chi connectivity index (χ3v) is 4.24. The van der Waals surface area contributed by atoms with E-state index in [1.54, 1.807) is 27.7 Å². The molecule has 1 rings (SSSR count). The minimum absolute atomic E-state index is 0.0410. The summed E-state index contributed by atoms with van der Waals surface area (Å²) in [6.07, 6.45) is -0.635. The van der Waals surface area contributed by atoms with E-state index in [0.29, 0.717) is 12.0 Å². The van der Waals surface area contributed by atoms with Crippen LogP contribution < -0.4 is 5.32 Å². The maximum absolute atomic E-state index is 13.8. The first kappa shape index (κ1) is 26.7. The Morgan fingerprint density at radius 3 is 2.39 bits per heavy atom. The van der Waals surface area contributed by atoms with Crippen LogP contribution in [0, 0.1) is 23.1 Å². The number of halogens is 3. The predicted octanol–water partition coefficient (Wildman–Crippen LogP) is 4.30. The Balaban J connectivity index is 3.08. The van der Waals surface area contributed by atoms with Crippen molar-refractivity contribution in [2.45, 2.75) is 63.5 Å². The van der Waals surface area contributed by atoms with Crippen molar-refractivity contribution in [2.75, 3.05) is 5.32 Å². The van der Waals surface area contributed by atoms with Crippen LogP contribution in [0.2, 0.25) is 0 Å². The van der Waals surface area contributed by atoms with E-state index < -0.39 is 46.1 Å². The van der Waals surface area contributed by atoms with Gasteiger partial charge in [0.25, 0.3) is 5.91 Å². The molecule has 0 aliphatic rings. The van der Waals surface area contributed by atoms with E-state index in [2.05, 4.69) is 5.32 Å². The van der Waals surface area contributed by atoms with Crippen molar-refractivity contribution in [3.8, 4) is 6.07 Å². The zero-order valence-corrected chi connectivity index (χ0v) is 19.2. The van der Waals surface area contributed by atoms with Crippen LogP contribution >= 0.6 is 23.2 Å². The number of nitrogens with one attached hydrogen (secondary N) is 1. The van der Waals surface area contributed by atoms with Crippen molar-refractivity contribution in [1.82, 2.24) is 0 Å². The average molecular weight is 475 g/mol. The van der Waals surface area contributed by atoms with Gasteiger partial charge in [0.05, 0.1) is 6.07 Å². The largest absolute Gasteiger partial charge is 0.459 e. The van der Waals surface area contributed by atoms with E-state index in [1.807, 2.05) is 6.07 Å². The highest BCUT2D eigenvalue weighted by Crippen LogP contribution is 2.23. The number of nitrogens with zero attached hydrogens (tertiary/aromatic N) is 1. The summed E-state index contributed by atoms with van der Waals surface area (Å²) in [7, 11) is 0. The molecule has 1 aromatic rings. The molecule has 1 N–H and O–H groups in total. The van der Waals surface area contributed by atoms with Gasteiger partial charge in [-0.25, -0.2) is 9.18 Å². The fourth-order valence-corrected chi connectivity index (χ4v) is 2.63. The van der Waals surface area contributed by atoms with Gasteiger partial charge in [-0.2, -0.15) is 5.26 Å².